The van der Waals surface area contributed by atoms with Gasteiger partial charge < -0.3 is 10.1 Å². The number of rotatable bonds is 7. The number of hydrogen-bond acceptors (Lipinski definition) is 2. The van der Waals surface area contributed by atoms with Crippen molar-refractivity contribution < 1.29 is 9.13 Å². The molecule has 0 aromatic heterocycles. The van der Waals surface area contributed by atoms with Gasteiger partial charge in [0.25, 0.3) is 0 Å². The van der Waals surface area contributed by atoms with Crippen LogP contribution in [0.5, 0.6) is 0 Å². The van der Waals surface area contributed by atoms with Crippen molar-refractivity contribution in [3.63, 3.8) is 0 Å². The first-order chi connectivity index (χ1) is 10.0. The second-order valence-corrected chi connectivity index (χ2v) is 6.21. The summed E-state index contributed by atoms with van der Waals surface area (Å²) in [6.45, 7) is 9.96. The molecule has 1 saturated carbocycles. The second-order valence-electron chi connectivity index (χ2n) is 6.21. The lowest BCUT2D eigenvalue weighted by Gasteiger charge is -2.37. The number of nitrogens with one attached hydrogen (secondary N) is 1. The molecule has 0 spiro atoms. The SMILES string of the molecule is CCNC(CC1CC(OCC)C1)c1c(C)cc(F)cc1C. The lowest BCUT2D eigenvalue weighted by molar-refractivity contribution is -0.0291. The molecular weight excluding hydrogens is 265 g/mol. The Kier molecular flexibility index (Phi) is 5.77. The highest BCUT2D eigenvalue weighted by Crippen LogP contribution is 2.38. The third kappa shape index (κ3) is 4.04. The average molecular weight is 293 g/mol. The molecule has 1 atom stereocenters. The fourth-order valence-electron chi connectivity index (χ4n) is 3.59. The maximum atomic E-state index is 13.5. The fourth-order valence-corrected chi connectivity index (χ4v) is 3.59. The minimum atomic E-state index is -0.135. The van der Waals surface area contributed by atoms with Crippen molar-refractivity contribution in [3.8, 4) is 0 Å². The monoisotopic (exact) mass is 293 g/mol. The number of hydrogen-bond donors (Lipinski definition) is 1. The molecule has 0 saturated heterocycles. The molecule has 0 radical (unpaired) electrons. The van der Waals surface area contributed by atoms with Gasteiger partial charge in [0, 0.05) is 12.6 Å². The Bertz CT molecular complexity index is 445. The molecule has 0 bridgehead atoms. The van der Waals surface area contributed by atoms with E-state index in [1.165, 1.54) is 5.56 Å². The quantitative estimate of drug-likeness (QED) is 0.809. The molecule has 0 heterocycles. The first kappa shape index (κ1) is 16.4. The topological polar surface area (TPSA) is 21.3 Å². The first-order valence-electron chi connectivity index (χ1n) is 8.16. The zero-order valence-corrected chi connectivity index (χ0v) is 13.7. The van der Waals surface area contributed by atoms with Crippen LogP contribution in [0.1, 0.15) is 55.8 Å². The van der Waals surface area contributed by atoms with E-state index in [1.807, 2.05) is 13.8 Å². The number of ether oxygens (including phenoxy) is 1. The van der Waals surface area contributed by atoms with Crippen LogP contribution in [0.15, 0.2) is 12.1 Å². The van der Waals surface area contributed by atoms with E-state index < -0.39 is 0 Å². The number of aryl methyl sites for hydroxylation is 2. The largest absolute Gasteiger partial charge is 0.378 e. The Morgan fingerprint density at radius 1 is 1.24 bits per heavy atom. The average Bonchev–Trinajstić information content (AvgIpc) is 2.35. The minimum absolute atomic E-state index is 0.135. The highest BCUT2D eigenvalue weighted by molar-refractivity contribution is 5.37. The van der Waals surface area contributed by atoms with Crippen molar-refractivity contribution in [2.75, 3.05) is 13.2 Å². The predicted molar refractivity (Wildman–Crippen MR) is 85.0 cm³/mol. The van der Waals surface area contributed by atoms with Crippen LogP contribution in [-0.4, -0.2) is 19.3 Å². The Hall–Kier alpha value is -0.930. The van der Waals surface area contributed by atoms with Crippen molar-refractivity contribution in [2.24, 2.45) is 5.92 Å². The molecule has 1 aromatic carbocycles. The zero-order chi connectivity index (χ0) is 15.4. The summed E-state index contributed by atoms with van der Waals surface area (Å²) >= 11 is 0. The molecule has 0 amide bonds. The van der Waals surface area contributed by atoms with Gasteiger partial charge in [0.1, 0.15) is 5.82 Å². The highest BCUT2D eigenvalue weighted by Gasteiger charge is 2.32. The van der Waals surface area contributed by atoms with Gasteiger partial charge in [0.15, 0.2) is 0 Å². The lowest BCUT2D eigenvalue weighted by Crippen LogP contribution is -2.35. The summed E-state index contributed by atoms with van der Waals surface area (Å²) in [5.74, 6) is 0.582. The summed E-state index contributed by atoms with van der Waals surface area (Å²) in [5.41, 5.74) is 3.39. The molecule has 1 aliphatic rings. The lowest BCUT2D eigenvalue weighted by atomic mass is 9.76. The van der Waals surface area contributed by atoms with Crippen LogP contribution >= 0.6 is 0 Å². The van der Waals surface area contributed by atoms with Crippen LogP contribution in [0.2, 0.25) is 0 Å². The maximum absolute atomic E-state index is 13.5. The summed E-state index contributed by atoms with van der Waals surface area (Å²) in [6, 6.07) is 3.62. The van der Waals surface area contributed by atoms with Gasteiger partial charge in [0.05, 0.1) is 6.10 Å². The van der Waals surface area contributed by atoms with Crippen molar-refractivity contribution in [3.05, 3.63) is 34.6 Å². The molecule has 118 valence electrons. The van der Waals surface area contributed by atoms with Crippen LogP contribution < -0.4 is 5.32 Å². The van der Waals surface area contributed by atoms with Crippen LogP contribution in [0, 0.1) is 25.6 Å². The summed E-state index contributed by atoms with van der Waals surface area (Å²) < 4.78 is 19.1. The predicted octanol–water partition coefficient (Wildman–Crippen LogP) is 4.30. The van der Waals surface area contributed by atoms with E-state index in [1.54, 1.807) is 12.1 Å². The standard InChI is InChI=1S/C18H28FNO/c1-5-20-17(11-14-9-16(10-14)21-6-2)18-12(3)7-15(19)8-13(18)4/h7-8,14,16-17,20H,5-6,9-11H2,1-4H3. The van der Waals surface area contributed by atoms with E-state index in [9.17, 15) is 4.39 Å². The maximum Gasteiger partial charge on any atom is 0.123 e. The summed E-state index contributed by atoms with van der Waals surface area (Å²) in [6.07, 6.45) is 3.90. The van der Waals surface area contributed by atoms with Gasteiger partial charge in [-0.1, -0.05) is 6.92 Å². The molecule has 1 aromatic rings. The van der Waals surface area contributed by atoms with Crippen LogP contribution in [0.25, 0.3) is 0 Å². The normalized spacial score (nSPS) is 22.9. The van der Waals surface area contributed by atoms with Gasteiger partial charge in [-0.2, -0.15) is 0 Å². The van der Waals surface area contributed by atoms with Gasteiger partial charge in [-0.3, -0.25) is 0 Å². The van der Waals surface area contributed by atoms with Crippen LogP contribution in [-0.2, 0) is 4.74 Å². The Labute approximate surface area is 128 Å². The smallest absolute Gasteiger partial charge is 0.123 e. The van der Waals surface area contributed by atoms with Crippen molar-refractivity contribution >= 4 is 0 Å². The Morgan fingerprint density at radius 3 is 2.38 bits per heavy atom. The molecular formula is C18H28FNO. The van der Waals surface area contributed by atoms with Crippen LogP contribution in [0.3, 0.4) is 0 Å². The molecule has 0 aliphatic heterocycles. The highest BCUT2D eigenvalue weighted by atomic mass is 19.1. The molecule has 1 aliphatic carbocycles. The van der Waals surface area contributed by atoms with E-state index in [-0.39, 0.29) is 5.82 Å². The Morgan fingerprint density at radius 2 is 1.86 bits per heavy atom. The van der Waals surface area contributed by atoms with Gasteiger partial charge in [-0.25, -0.2) is 4.39 Å². The third-order valence-electron chi connectivity index (χ3n) is 4.52. The minimum Gasteiger partial charge on any atom is -0.378 e. The molecule has 1 fully saturated rings. The van der Waals surface area contributed by atoms with E-state index in [0.717, 1.165) is 49.5 Å². The van der Waals surface area contributed by atoms with Crippen LogP contribution in [0.4, 0.5) is 4.39 Å². The van der Waals surface area contributed by atoms with Gasteiger partial charge in [-0.05, 0) is 81.3 Å². The fraction of sp³-hybridized carbons (Fsp3) is 0.667. The summed E-state index contributed by atoms with van der Waals surface area (Å²) in [5, 5.41) is 3.58. The Balaban J connectivity index is 2.06. The molecule has 3 heteroatoms. The van der Waals surface area contributed by atoms with Gasteiger partial charge in [0.2, 0.25) is 0 Å². The zero-order valence-electron chi connectivity index (χ0n) is 13.7. The molecule has 1 N–H and O–H groups in total. The summed E-state index contributed by atoms with van der Waals surface area (Å²) in [4.78, 5) is 0. The van der Waals surface area contributed by atoms with Crippen molar-refractivity contribution in [1.82, 2.24) is 5.32 Å². The molecule has 2 nitrogen and oxygen atoms in total. The number of benzene rings is 1. The van der Waals surface area contributed by atoms with Crippen molar-refractivity contribution in [2.45, 2.75) is 59.1 Å². The van der Waals surface area contributed by atoms with E-state index in [4.69, 9.17) is 4.74 Å². The second kappa shape index (κ2) is 7.37. The van der Waals surface area contributed by atoms with E-state index in [0.29, 0.717) is 12.1 Å². The first-order valence-corrected chi connectivity index (χ1v) is 8.16. The third-order valence-corrected chi connectivity index (χ3v) is 4.52. The molecule has 1 unspecified atom stereocenters. The van der Waals surface area contributed by atoms with Gasteiger partial charge in [-0.15, -0.1) is 0 Å². The summed E-state index contributed by atoms with van der Waals surface area (Å²) in [7, 11) is 0. The van der Waals surface area contributed by atoms with E-state index in [2.05, 4.69) is 19.2 Å². The van der Waals surface area contributed by atoms with E-state index >= 15 is 0 Å². The number of halogens is 1. The molecule has 21 heavy (non-hydrogen) atoms. The van der Waals surface area contributed by atoms with Gasteiger partial charge >= 0.3 is 0 Å². The van der Waals surface area contributed by atoms with Crippen molar-refractivity contribution in [1.29, 1.82) is 0 Å². The molecule has 2 rings (SSSR count).